The summed E-state index contributed by atoms with van der Waals surface area (Å²) in [6, 6.07) is -0.261. The largest absolute Gasteiger partial charge is 0.394 e. The predicted molar refractivity (Wildman–Crippen MR) is 66.6 cm³/mol. The number of morpholine rings is 1. The topological polar surface area (TPSA) is 75.6 Å². The number of aliphatic hydroxyl groups is 1. The first-order chi connectivity index (χ1) is 8.77. The molecule has 2 rings (SSSR count). The molecule has 7 heteroatoms. The van der Waals surface area contributed by atoms with Crippen molar-refractivity contribution in [2.24, 2.45) is 0 Å². The van der Waals surface area contributed by atoms with E-state index in [1.807, 2.05) is 6.92 Å². The summed E-state index contributed by atoms with van der Waals surface area (Å²) >= 11 is 1.13. The van der Waals surface area contributed by atoms with E-state index < -0.39 is 0 Å². The van der Waals surface area contributed by atoms with Gasteiger partial charge in [-0.1, -0.05) is 17.8 Å². The predicted octanol–water partition coefficient (Wildman–Crippen LogP) is 0.324. The Bertz CT molecular complexity index is 410. The van der Waals surface area contributed by atoms with Crippen molar-refractivity contribution in [1.82, 2.24) is 14.5 Å². The van der Waals surface area contributed by atoms with Crippen LogP contribution in [0.3, 0.4) is 0 Å². The number of aromatic nitrogens is 2. The van der Waals surface area contributed by atoms with Crippen molar-refractivity contribution in [3.63, 3.8) is 0 Å². The van der Waals surface area contributed by atoms with E-state index in [1.165, 1.54) is 0 Å². The van der Waals surface area contributed by atoms with Gasteiger partial charge >= 0.3 is 0 Å². The minimum atomic E-state index is -0.261. The molecule has 1 amide bonds. The lowest BCUT2D eigenvalue weighted by Crippen LogP contribution is -2.50. The van der Waals surface area contributed by atoms with Crippen LogP contribution in [0.4, 0.5) is 0 Å². The van der Waals surface area contributed by atoms with Crippen LogP contribution < -0.4 is 0 Å². The lowest BCUT2D eigenvalue weighted by molar-refractivity contribution is -0.0182. The van der Waals surface area contributed by atoms with Crippen molar-refractivity contribution in [3.8, 4) is 0 Å². The monoisotopic (exact) mass is 271 g/mol. The number of ether oxygens (including phenoxy) is 1. The summed E-state index contributed by atoms with van der Waals surface area (Å²) in [6.07, 6.45) is 1.68. The van der Waals surface area contributed by atoms with E-state index in [0.29, 0.717) is 24.6 Å². The highest BCUT2D eigenvalue weighted by molar-refractivity contribution is 7.08. The Balaban J connectivity index is 2.16. The Kier molecular flexibility index (Phi) is 4.62. The summed E-state index contributed by atoms with van der Waals surface area (Å²) in [5.74, 6) is -0.0872. The zero-order chi connectivity index (χ0) is 13.0. The van der Waals surface area contributed by atoms with Crippen LogP contribution in [-0.2, 0) is 11.2 Å². The fourth-order valence-corrected chi connectivity index (χ4v) is 2.64. The van der Waals surface area contributed by atoms with Gasteiger partial charge in [0.15, 0.2) is 0 Å². The standard InChI is InChI=1S/C11H17N3O3S/c1-2-3-9-10(18-13-12-9)11(16)14-4-5-17-7-8(14)6-15/h8,15H,2-7H2,1H3/t8-/m0/s1. The molecule has 0 spiro atoms. The number of nitrogens with zero attached hydrogens (tertiary/aromatic N) is 3. The van der Waals surface area contributed by atoms with Crippen LogP contribution in [0.15, 0.2) is 0 Å². The number of rotatable bonds is 4. The molecule has 1 aromatic heterocycles. The summed E-state index contributed by atoms with van der Waals surface area (Å²) in [5.41, 5.74) is 0.760. The molecule has 1 aromatic rings. The Morgan fingerprint density at radius 2 is 2.50 bits per heavy atom. The van der Waals surface area contributed by atoms with Crippen LogP contribution in [-0.4, -0.2) is 57.9 Å². The number of carbonyl (C=O) groups is 1. The molecule has 1 N–H and O–H groups in total. The maximum absolute atomic E-state index is 12.4. The summed E-state index contributed by atoms with van der Waals surface area (Å²) in [6.45, 7) is 3.36. The molecular weight excluding hydrogens is 254 g/mol. The van der Waals surface area contributed by atoms with Gasteiger partial charge in [0.2, 0.25) is 0 Å². The first-order valence-electron chi connectivity index (χ1n) is 6.08. The zero-order valence-corrected chi connectivity index (χ0v) is 11.2. The second-order valence-electron chi connectivity index (χ2n) is 4.21. The van der Waals surface area contributed by atoms with Crippen molar-refractivity contribution >= 4 is 17.4 Å². The van der Waals surface area contributed by atoms with E-state index in [9.17, 15) is 9.90 Å². The van der Waals surface area contributed by atoms with Crippen LogP contribution in [0.1, 0.15) is 28.7 Å². The Labute approximate surface area is 110 Å². The molecular formula is C11H17N3O3S. The Morgan fingerprint density at radius 3 is 3.22 bits per heavy atom. The van der Waals surface area contributed by atoms with Crippen LogP contribution >= 0.6 is 11.5 Å². The highest BCUT2D eigenvalue weighted by atomic mass is 32.1. The van der Waals surface area contributed by atoms with E-state index in [2.05, 4.69) is 9.59 Å². The molecule has 1 aliphatic rings. The van der Waals surface area contributed by atoms with Gasteiger partial charge in [0.25, 0.3) is 5.91 Å². The van der Waals surface area contributed by atoms with E-state index in [0.717, 1.165) is 30.1 Å². The quantitative estimate of drug-likeness (QED) is 0.853. The summed E-state index contributed by atoms with van der Waals surface area (Å²) in [5, 5.41) is 13.3. The number of aryl methyl sites for hydroxylation is 1. The molecule has 1 fully saturated rings. The summed E-state index contributed by atoms with van der Waals surface area (Å²) < 4.78 is 9.12. The van der Waals surface area contributed by atoms with Crippen molar-refractivity contribution < 1.29 is 14.6 Å². The van der Waals surface area contributed by atoms with Gasteiger partial charge in [-0.05, 0) is 18.0 Å². The van der Waals surface area contributed by atoms with Gasteiger partial charge < -0.3 is 14.7 Å². The smallest absolute Gasteiger partial charge is 0.268 e. The van der Waals surface area contributed by atoms with E-state index in [-0.39, 0.29) is 18.6 Å². The third-order valence-corrected chi connectivity index (χ3v) is 3.69. The fourth-order valence-electron chi connectivity index (χ4n) is 1.98. The van der Waals surface area contributed by atoms with Crippen LogP contribution in [0.5, 0.6) is 0 Å². The minimum Gasteiger partial charge on any atom is -0.394 e. The maximum atomic E-state index is 12.4. The van der Waals surface area contributed by atoms with Gasteiger partial charge in [-0.15, -0.1) is 5.10 Å². The average Bonchev–Trinajstić information content (AvgIpc) is 2.86. The van der Waals surface area contributed by atoms with Crippen molar-refractivity contribution in [2.75, 3.05) is 26.4 Å². The zero-order valence-electron chi connectivity index (χ0n) is 10.3. The third-order valence-electron chi connectivity index (χ3n) is 2.94. The molecule has 0 bridgehead atoms. The molecule has 1 saturated heterocycles. The summed E-state index contributed by atoms with van der Waals surface area (Å²) in [4.78, 5) is 14.7. The van der Waals surface area contributed by atoms with Crippen molar-refractivity contribution in [3.05, 3.63) is 10.6 Å². The number of amides is 1. The number of aliphatic hydroxyl groups excluding tert-OH is 1. The highest BCUT2D eigenvalue weighted by Gasteiger charge is 2.30. The highest BCUT2D eigenvalue weighted by Crippen LogP contribution is 2.18. The van der Waals surface area contributed by atoms with Crippen molar-refractivity contribution in [1.29, 1.82) is 0 Å². The number of hydrogen-bond donors (Lipinski definition) is 1. The first kappa shape index (κ1) is 13.4. The molecule has 0 saturated carbocycles. The van der Waals surface area contributed by atoms with Gasteiger partial charge in [0.05, 0.1) is 31.6 Å². The molecule has 1 atom stereocenters. The third kappa shape index (κ3) is 2.68. The van der Waals surface area contributed by atoms with Crippen LogP contribution in [0.2, 0.25) is 0 Å². The number of hydrogen-bond acceptors (Lipinski definition) is 6. The molecule has 18 heavy (non-hydrogen) atoms. The van der Waals surface area contributed by atoms with Crippen LogP contribution in [0.25, 0.3) is 0 Å². The molecule has 1 aliphatic heterocycles. The fraction of sp³-hybridized carbons (Fsp3) is 0.727. The molecule has 100 valence electrons. The van der Waals surface area contributed by atoms with Gasteiger partial charge in [-0.2, -0.15) is 0 Å². The SMILES string of the molecule is CCCc1nnsc1C(=O)N1CCOC[C@@H]1CO. The van der Waals surface area contributed by atoms with Gasteiger partial charge in [0, 0.05) is 6.54 Å². The average molecular weight is 271 g/mol. The Hall–Kier alpha value is -1.05. The minimum absolute atomic E-state index is 0.0823. The molecule has 0 radical (unpaired) electrons. The molecule has 0 aliphatic carbocycles. The first-order valence-corrected chi connectivity index (χ1v) is 6.86. The van der Waals surface area contributed by atoms with E-state index in [1.54, 1.807) is 4.90 Å². The van der Waals surface area contributed by atoms with Crippen LogP contribution in [0, 0.1) is 0 Å². The number of carbonyl (C=O) groups excluding carboxylic acids is 1. The van der Waals surface area contributed by atoms with E-state index in [4.69, 9.17) is 4.74 Å². The van der Waals surface area contributed by atoms with Crippen molar-refractivity contribution in [2.45, 2.75) is 25.8 Å². The lowest BCUT2D eigenvalue weighted by Gasteiger charge is -2.34. The normalized spacial score (nSPS) is 20.1. The molecule has 0 aromatic carbocycles. The maximum Gasteiger partial charge on any atom is 0.268 e. The second-order valence-corrected chi connectivity index (χ2v) is 4.96. The van der Waals surface area contributed by atoms with Gasteiger partial charge in [-0.3, -0.25) is 4.79 Å². The Morgan fingerprint density at radius 1 is 1.67 bits per heavy atom. The summed E-state index contributed by atoms with van der Waals surface area (Å²) in [7, 11) is 0. The second kappa shape index (κ2) is 6.21. The van der Waals surface area contributed by atoms with E-state index >= 15 is 0 Å². The molecule has 6 nitrogen and oxygen atoms in total. The van der Waals surface area contributed by atoms with Gasteiger partial charge in [-0.25, -0.2) is 0 Å². The van der Waals surface area contributed by atoms with Gasteiger partial charge in [0.1, 0.15) is 4.88 Å². The molecule has 0 unspecified atom stereocenters. The molecule has 2 heterocycles. The lowest BCUT2D eigenvalue weighted by atomic mass is 10.2.